The fourth-order valence-electron chi connectivity index (χ4n) is 2.94. The lowest BCUT2D eigenvalue weighted by Crippen LogP contribution is -2.19. The first-order chi connectivity index (χ1) is 15.0. The van der Waals surface area contributed by atoms with Crippen LogP contribution in [0.15, 0.2) is 53.7 Å². The number of ether oxygens (including phenoxy) is 1. The van der Waals surface area contributed by atoms with E-state index in [1.54, 1.807) is 24.3 Å². The number of hydrogen-bond acceptors (Lipinski definition) is 6. The van der Waals surface area contributed by atoms with Gasteiger partial charge in [0.25, 0.3) is 5.91 Å². The molecule has 8 nitrogen and oxygen atoms in total. The number of benzene rings is 2. The number of thioether (sulfide) groups is 1. The molecule has 3 aromatic rings. The summed E-state index contributed by atoms with van der Waals surface area (Å²) in [6.07, 6.45) is 0.979. The number of hydrogen-bond donors (Lipinski definition) is 2. The third-order valence-corrected chi connectivity index (χ3v) is 5.57. The third-order valence-electron chi connectivity index (χ3n) is 4.61. The summed E-state index contributed by atoms with van der Waals surface area (Å²) in [5, 5.41) is 11.7. The van der Waals surface area contributed by atoms with Crippen LogP contribution in [-0.4, -0.2) is 32.3 Å². The molecule has 1 aromatic heterocycles. The zero-order valence-electron chi connectivity index (χ0n) is 17.5. The second-order valence-corrected chi connectivity index (χ2v) is 7.62. The van der Waals surface area contributed by atoms with Crippen molar-refractivity contribution < 1.29 is 14.3 Å². The van der Waals surface area contributed by atoms with Crippen LogP contribution < -0.4 is 15.8 Å². The Kier molecular flexibility index (Phi) is 7.66. The van der Waals surface area contributed by atoms with Gasteiger partial charge < -0.3 is 20.4 Å². The summed E-state index contributed by atoms with van der Waals surface area (Å²) >= 11 is 1.27. The zero-order chi connectivity index (χ0) is 22.2. The van der Waals surface area contributed by atoms with Gasteiger partial charge in [0.05, 0.1) is 17.0 Å². The minimum Gasteiger partial charge on any atom is -0.486 e. The van der Waals surface area contributed by atoms with Gasteiger partial charge in [0.2, 0.25) is 5.91 Å². The molecule has 0 atom stereocenters. The maximum atomic E-state index is 12.4. The standard InChI is InChI=1S/C22H25N5O3S/c1-3-15-9-11-16(12-10-15)30-13-19-25-26-22(27(19)4-2)31-14-20(28)24-18-8-6-5-7-17(18)21(23)29/h5-12H,3-4,13-14H2,1-2H3,(H2,23,29)(H,24,28). The van der Waals surface area contributed by atoms with Crippen molar-refractivity contribution in [3.8, 4) is 5.75 Å². The van der Waals surface area contributed by atoms with E-state index in [4.69, 9.17) is 10.5 Å². The number of para-hydroxylation sites is 1. The molecule has 2 aromatic carbocycles. The van der Waals surface area contributed by atoms with E-state index >= 15 is 0 Å². The highest BCUT2D eigenvalue weighted by atomic mass is 32.2. The maximum Gasteiger partial charge on any atom is 0.250 e. The second-order valence-electron chi connectivity index (χ2n) is 6.68. The smallest absolute Gasteiger partial charge is 0.250 e. The fourth-order valence-corrected chi connectivity index (χ4v) is 3.76. The molecule has 31 heavy (non-hydrogen) atoms. The average Bonchev–Trinajstić information content (AvgIpc) is 3.18. The van der Waals surface area contributed by atoms with Gasteiger partial charge in [-0.05, 0) is 43.2 Å². The van der Waals surface area contributed by atoms with Crippen molar-refractivity contribution >= 4 is 29.3 Å². The molecule has 0 spiro atoms. The number of amides is 2. The van der Waals surface area contributed by atoms with Crippen molar-refractivity contribution in [1.29, 1.82) is 0 Å². The zero-order valence-corrected chi connectivity index (χ0v) is 18.3. The van der Waals surface area contributed by atoms with Gasteiger partial charge in [0.1, 0.15) is 12.4 Å². The molecule has 0 fully saturated rings. The Bertz CT molecular complexity index is 1050. The Balaban J connectivity index is 1.59. The van der Waals surface area contributed by atoms with Gasteiger partial charge >= 0.3 is 0 Å². The molecule has 0 radical (unpaired) electrons. The number of aryl methyl sites for hydroxylation is 1. The van der Waals surface area contributed by atoms with Gasteiger partial charge in [-0.3, -0.25) is 9.59 Å². The highest BCUT2D eigenvalue weighted by Crippen LogP contribution is 2.20. The van der Waals surface area contributed by atoms with E-state index < -0.39 is 5.91 Å². The largest absolute Gasteiger partial charge is 0.486 e. The molecular weight excluding hydrogens is 414 g/mol. The first-order valence-electron chi connectivity index (χ1n) is 9.97. The molecule has 0 aliphatic rings. The van der Waals surface area contributed by atoms with Crippen LogP contribution in [0, 0.1) is 0 Å². The van der Waals surface area contributed by atoms with Gasteiger partial charge in [0, 0.05) is 6.54 Å². The Morgan fingerprint density at radius 2 is 1.84 bits per heavy atom. The van der Waals surface area contributed by atoms with E-state index in [0.717, 1.165) is 12.2 Å². The average molecular weight is 440 g/mol. The molecular formula is C22H25N5O3S. The highest BCUT2D eigenvalue weighted by Gasteiger charge is 2.15. The lowest BCUT2D eigenvalue weighted by atomic mass is 10.1. The van der Waals surface area contributed by atoms with Gasteiger partial charge in [-0.2, -0.15) is 0 Å². The van der Waals surface area contributed by atoms with Crippen LogP contribution in [0.4, 0.5) is 5.69 Å². The summed E-state index contributed by atoms with van der Waals surface area (Å²) in [4.78, 5) is 23.9. The molecule has 1 heterocycles. The number of nitrogens with two attached hydrogens (primary N) is 1. The summed E-state index contributed by atoms with van der Waals surface area (Å²) in [6, 6.07) is 14.6. The van der Waals surface area contributed by atoms with Crippen molar-refractivity contribution in [3.05, 3.63) is 65.5 Å². The Hall–Kier alpha value is -3.33. The number of aromatic nitrogens is 3. The maximum absolute atomic E-state index is 12.4. The van der Waals surface area contributed by atoms with Crippen LogP contribution in [0.5, 0.6) is 5.75 Å². The van der Waals surface area contributed by atoms with Crippen LogP contribution in [0.1, 0.15) is 35.6 Å². The van der Waals surface area contributed by atoms with Gasteiger partial charge in [-0.25, -0.2) is 0 Å². The summed E-state index contributed by atoms with van der Waals surface area (Å²) in [5.74, 6) is 0.708. The number of anilines is 1. The first-order valence-corrected chi connectivity index (χ1v) is 11.0. The van der Waals surface area contributed by atoms with Crippen LogP contribution in [-0.2, 0) is 24.4 Å². The fraction of sp³-hybridized carbons (Fsp3) is 0.273. The van der Waals surface area contributed by atoms with Crippen molar-refractivity contribution in [1.82, 2.24) is 14.8 Å². The number of nitrogens with zero attached hydrogens (tertiary/aromatic N) is 3. The lowest BCUT2D eigenvalue weighted by Gasteiger charge is -2.10. The van der Waals surface area contributed by atoms with Gasteiger partial charge in [-0.1, -0.05) is 43.0 Å². The monoisotopic (exact) mass is 439 g/mol. The van der Waals surface area contributed by atoms with Crippen LogP contribution in [0.25, 0.3) is 0 Å². The van der Waals surface area contributed by atoms with E-state index in [0.29, 0.717) is 23.2 Å². The molecule has 0 aliphatic carbocycles. The molecule has 162 valence electrons. The van der Waals surface area contributed by atoms with E-state index in [-0.39, 0.29) is 23.8 Å². The number of carbonyl (C=O) groups is 2. The molecule has 2 amide bonds. The molecule has 3 rings (SSSR count). The van der Waals surface area contributed by atoms with Crippen LogP contribution >= 0.6 is 11.8 Å². The van der Waals surface area contributed by atoms with Crippen molar-refractivity contribution in [2.45, 2.75) is 38.6 Å². The Labute approximate surface area is 185 Å². The molecule has 9 heteroatoms. The SMILES string of the molecule is CCc1ccc(OCc2nnc(SCC(=O)Nc3ccccc3C(N)=O)n2CC)cc1. The van der Waals surface area contributed by atoms with E-state index in [2.05, 4.69) is 22.4 Å². The molecule has 3 N–H and O–H groups in total. The molecule has 0 saturated heterocycles. The van der Waals surface area contributed by atoms with Gasteiger partial charge in [0.15, 0.2) is 11.0 Å². The number of primary amides is 1. The Morgan fingerprint density at radius 3 is 2.52 bits per heavy atom. The topological polar surface area (TPSA) is 112 Å². The van der Waals surface area contributed by atoms with Crippen LogP contribution in [0.3, 0.4) is 0 Å². The van der Waals surface area contributed by atoms with E-state index in [1.807, 2.05) is 35.8 Å². The van der Waals surface area contributed by atoms with Crippen molar-refractivity contribution in [3.63, 3.8) is 0 Å². The minimum atomic E-state index is -0.594. The summed E-state index contributed by atoms with van der Waals surface area (Å²) in [7, 11) is 0. The normalized spacial score (nSPS) is 10.6. The number of nitrogens with one attached hydrogen (secondary N) is 1. The minimum absolute atomic E-state index is 0.116. The molecule has 0 unspecified atom stereocenters. The summed E-state index contributed by atoms with van der Waals surface area (Å²) < 4.78 is 7.74. The molecule has 0 saturated carbocycles. The molecule has 0 bridgehead atoms. The number of carbonyl (C=O) groups excluding carboxylic acids is 2. The highest BCUT2D eigenvalue weighted by molar-refractivity contribution is 7.99. The summed E-state index contributed by atoms with van der Waals surface area (Å²) in [6.45, 7) is 5.02. The van der Waals surface area contributed by atoms with E-state index in [9.17, 15) is 9.59 Å². The first kappa shape index (κ1) is 22.4. The van der Waals surface area contributed by atoms with Crippen molar-refractivity contribution in [2.75, 3.05) is 11.1 Å². The van der Waals surface area contributed by atoms with Crippen LogP contribution in [0.2, 0.25) is 0 Å². The van der Waals surface area contributed by atoms with Crippen molar-refractivity contribution in [2.24, 2.45) is 5.73 Å². The lowest BCUT2D eigenvalue weighted by molar-refractivity contribution is -0.113. The Morgan fingerprint density at radius 1 is 1.10 bits per heavy atom. The predicted molar refractivity (Wildman–Crippen MR) is 120 cm³/mol. The third kappa shape index (κ3) is 5.85. The summed E-state index contributed by atoms with van der Waals surface area (Å²) in [5.41, 5.74) is 7.26. The predicted octanol–water partition coefficient (Wildman–Crippen LogP) is 3.27. The second kappa shape index (κ2) is 10.6. The quantitative estimate of drug-likeness (QED) is 0.469. The van der Waals surface area contributed by atoms with E-state index in [1.165, 1.54) is 17.3 Å². The number of rotatable bonds is 10. The molecule has 0 aliphatic heterocycles. The van der Waals surface area contributed by atoms with Gasteiger partial charge in [-0.15, -0.1) is 10.2 Å².